The van der Waals surface area contributed by atoms with Gasteiger partial charge in [-0.15, -0.1) is 0 Å². The number of rotatable bonds is 5. The van der Waals surface area contributed by atoms with Gasteiger partial charge in [0.1, 0.15) is 5.54 Å². The van der Waals surface area contributed by atoms with Crippen molar-refractivity contribution in [3.05, 3.63) is 29.8 Å². The van der Waals surface area contributed by atoms with E-state index in [1.807, 2.05) is 45.0 Å². The van der Waals surface area contributed by atoms with Crippen molar-refractivity contribution in [2.45, 2.75) is 33.2 Å². The Hall–Kier alpha value is -2.02. The van der Waals surface area contributed by atoms with Gasteiger partial charge in [0.05, 0.1) is 12.6 Å². The summed E-state index contributed by atoms with van der Waals surface area (Å²) in [6.45, 7) is 7.74. The van der Waals surface area contributed by atoms with E-state index in [0.29, 0.717) is 0 Å². The lowest BCUT2D eigenvalue weighted by Gasteiger charge is -2.27. The van der Waals surface area contributed by atoms with Crippen molar-refractivity contribution in [3.63, 3.8) is 0 Å². The van der Waals surface area contributed by atoms with Gasteiger partial charge in [0, 0.05) is 5.69 Å². The molecular formula is C15H21N3O. The van der Waals surface area contributed by atoms with E-state index in [1.165, 1.54) is 5.56 Å². The summed E-state index contributed by atoms with van der Waals surface area (Å²) in [5, 5.41) is 14.9. The van der Waals surface area contributed by atoms with Crippen LogP contribution in [0.4, 0.5) is 5.69 Å². The summed E-state index contributed by atoms with van der Waals surface area (Å²) < 4.78 is 0. The smallest absolute Gasteiger partial charge is 0.240 e. The molecular weight excluding hydrogens is 238 g/mol. The maximum atomic E-state index is 11.8. The first-order valence-electron chi connectivity index (χ1n) is 6.40. The van der Waals surface area contributed by atoms with E-state index in [0.717, 1.165) is 5.69 Å². The number of nitriles is 1. The Morgan fingerprint density at radius 2 is 1.95 bits per heavy atom. The van der Waals surface area contributed by atoms with Crippen molar-refractivity contribution in [1.29, 1.82) is 5.26 Å². The molecule has 2 N–H and O–H groups in total. The molecule has 0 saturated carbocycles. The van der Waals surface area contributed by atoms with E-state index in [9.17, 15) is 4.79 Å². The summed E-state index contributed by atoms with van der Waals surface area (Å²) in [5.74, 6) is -0.126. The Labute approximate surface area is 114 Å². The number of carbonyl (C=O) groups excluding carboxylic acids is 1. The quantitative estimate of drug-likeness (QED) is 0.853. The topological polar surface area (TPSA) is 64.9 Å². The predicted molar refractivity (Wildman–Crippen MR) is 76.7 cm³/mol. The Kier molecular flexibility index (Phi) is 4.94. The fourth-order valence-corrected chi connectivity index (χ4v) is 1.49. The van der Waals surface area contributed by atoms with Crippen LogP contribution in [-0.2, 0) is 4.79 Å². The minimum absolute atomic E-state index is 0.0563. The first kappa shape index (κ1) is 15.0. The molecule has 0 bridgehead atoms. The SMILES string of the molecule is Cc1ccc(NCC(=O)NC(C)(C#N)C(C)C)cc1. The van der Waals surface area contributed by atoms with Crippen LogP contribution in [0.15, 0.2) is 24.3 Å². The van der Waals surface area contributed by atoms with E-state index in [-0.39, 0.29) is 18.4 Å². The molecule has 1 unspecified atom stereocenters. The van der Waals surface area contributed by atoms with Crippen LogP contribution >= 0.6 is 0 Å². The number of hydrogen-bond acceptors (Lipinski definition) is 3. The van der Waals surface area contributed by atoms with Crippen LogP contribution in [0.5, 0.6) is 0 Å². The van der Waals surface area contributed by atoms with Gasteiger partial charge in [-0.3, -0.25) is 4.79 Å². The molecule has 0 radical (unpaired) electrons. The van der Waals surface area contributed by atoms with Gasteiger partial charge in [-0.1, -0.05) is 31.5 Å². The molecule has 0 spiro atoms. The van der Waals surface area contributed by atoms with E-state index in [4.69, 9.17) is 5.26 Å². The molecule has 1 aromatic carbocycles. The Balaban J connectivity index is 2.53. The molecule has 102 valence electrons. The van der Waals surface area contributed by atoms with Gasteiger partial charge in [-0.2, -0.15) is 5.26 Å². The maximum absolute atomic E-state index is 11.8. The number of nitrogens with one attached hydrogen (secondary N) is 2. The maximum Gasteiger partial charge on any atom is 0.240 e. The van der Waals surface area contributed by atoms with E-state index in [2.05, 4.69) is 16.7 Å². The van der Waals surface area contributed by atoms with Crippen molar-refractivity contribution < 1.29 is 4.79 Å². The second kappa shape index (κ2) is 6.24. The van der Waals surface area contributed by atoms with Crippen LogP contribution in [0.1, 0.15) is 26.3 Å². The zero-order chi connectivity index (χ0) is 14.5. The first-order chi connectivity index (χ1) is 8.87. The van der Waals surface area contributed by atoms with Gasteiger partial charge in [-0.05, 0) is 31.9 Å². The standard InChI is InChI=1S/C15H21N3O/c1-11(2)15(4,10-16)18-14(19)9-17-13-7-5-12(3)6-8-13/h5-8,11,17H,9H2,1-4H3,(H,18,19). The second-order valence-electron chi connectivity index (χ2n) is 5.24. The number of nitrogens with zero attached hydrogens (tertiary/aromatic N) is 1. The summed E-state index contributed by atoms with van der Waals surface area (Å²) in [6.07, 6.45) is 0. The molecule has 0 fully saturated rings. The highest BCUT2D eigenvalue weighted by Gasteiger charge is 2.29. The number of hydrogen-bond donors (Lipinski definition) is 2. The van der Waals surface area contributed by atoms with Gasteiger partial charge < -0.3 is 10.6 Å². The first-order valence-corrected chi connectivity index (χ1v) is 6.40. The fourth-order valence-electron chi connectivity index (χ4n) is 1.49. The highest BCUT2D eigenvalue weighted by molar-refractivity contribution is 5.81. The molecule has 0 aromatic heterocycles. The fraction of sp³-hybridized carbons (Fsp3) is 0.467. The van der Waals surface area contributed by atoms with Crippen molar-refractivity contribution >= 4 is 11.6 Å². The van der Waals surface area contributed by atoms with E-state index >= 15 is 0 Å². The normalized spacial score (nSPS) is 13.5. The lowest BCUT2D eigenvalue weighted by molar-refractivity contribution is -0.121. The van der Waals surface area contributed by atoms with Crippen LogP contribution < -0.4 is 10.6 Å². The Morgan fingerprint density at radius 3 is 2.42 bits per heavy atom. The lowest BCUT2D eigenvalue weighted by Crippen LogP contribution is -2.50. The van der Waals surface area contributed by atoms with Crippen molar-refractivity contribution in [1.82, 2.24) is 5.32 Å². The van der Waals surface area contributed by atoms with Crippen molar-refractivity contribution in [3.8, 4) is 6.07 Å². The van der Waals surface area contributed by atoms with Gasteiger partial charge in [0.2, 0.25) is 5.91 Å². The third-order valence-electron chi connectivity index (χ3n) is 3.29. The average Bonchev–Trinajstić information content (AvgIpc) is 2.37. The summed E-state index contributed by atoms with van der Waals surface area (Å²) in [6, 6.07) is 9.96. The van der Waals surface area contributed by atoms with Gasteiger partial charge in [0.25, 0.3) is 0 Å². The molecule has 0 aliphatic rings. The molecule has 19 heavy (non-hydrogen) atoms. The summed E-state index contributed by atoms with van der Waals surface area (Å²) in [4.78, 5) is 11.8. The zero-order valence-corrected chi connectivity index (χ0v) is 11.9. The number of carbonyl (C=O) groups is 1. The molecule has 1 aromatic rings. The van der Waals surface area contributed by atoms with Crippen molar-refractivity contribution in [2.24, 2.45) is 5.92 Å². The van der Waals surface area contributed by atoms with Gasteiger partial charge in [-0.25, -0.2) is 0 Å². The summed E-state index contributed by atoms with van der Waals surface area (Å²) >= 11 is 0. The largest absolute Gasteiger partial charge is 0.376 e. The minimum atomic E-state index is -0.827. The highest BCUT2D eigenvalue weighted by atomic mass is 16.2. The third kappa shape index (κ3) is 4.29. The lowest BCUT2D eigenvalue weighted by atomic mass is 9.90. The molecule has 0 aliphatic heterocycles. The van der Waals surface area contributed by atoms with Crippen LogP contribution in [0.25, 0.3) is 0 Å². The molecule has 0 heterocycles. The Bertz CT molecular complexity index is 473. The van der Waals surface area contributed by atoms with Gasteiger partial charge >= 0.3 is 0 Å². The van der Waals surface area contributed by atoms with E-state index in [1.54, 1.807) is 6.92 Å². The average molecular weight is 259 g/mol. The van der Waals surface area contributed by atoms with Gasteiger partial charge in [0.15, 0.2) is 0 Å². The molecule has 0 aliphatic carbocycles. The summed E-state index contributed by atoms with van der Waals surface area (Å²) in [5.41, 5.74) is 1.24. The molecule has 1 rings (SSSR count). The number of benzene rings is 1. The molecule has 4 heteroatoms. The number of anilines is 1. The number of amides is 1. The number of aryl methyl sites for hydroxylation is 1. The highest BCUT2D eigenvalue weighted by Crippen LogP contribution is 2.15. The van der Waals surface area contributed by atoms with Crippen LogP contribution in [0.2, 0.25) is 0 Å². The predicted octanol–water partition coefficient (Wildman–Crippen LogP) is 2.46. The monoisotopic (exact) mass is 259 g/mol. The van der Waals surface area contributed by atoms with Crippen LogP contribution in [-0.4, -0.2) is 18.0 Å². The van der Waals surface area contributed by atoms with Crippen molar-refractivity contribution in [2.75, 3.05) is 11.9 Å². The second-order valence-corrected chi connectivity index (χ2v) is 5.24. The zero-order valence-electron chi connectivity index (χ0n) is 11.9. The molecule has 0 saturated heterocycles. The van der Waals surface area contributed by atoms with E-state index < -0.39 is 5.54 Å². The minimum Gasteiger partial charge on any atom is -0.376 e. The third-order valence-corrected chi connectivity index (χ3v) is 3.29. The summed E-state index contributed by atoms with van der Waals surface area (Å²) in [7, 11) is 0. The molecule has 1 amide bonds. The van der Waals surface area contributed by atoms with Crippen LogP contribution in [0, 0.1) is 24.2 Å². The van der Waals surface area contributed by atoms with Crippen LogP contribution in [0.3, 0.4) is 0 Å². The molecule has 4 nitrogen and oxygen atoms in total. The Morgan fingerprint density at radius 1 is 1.37 bits per heavy atom. The molecule has 1 atom stereocenters.